The normalized spacial score (nSPS) is 9.30. The Kier molecular flexibility index (Phi) is 2.26. The van der Waals surface area contributed by atoms with Gasteiger partial charge in [-0.3, -0.25) is 0 Å². The van der Waals surface area contributed by atoms with Gasteiger partial charge in [-0.2, -0.15) is 0 Å². The molecule has 10 heavy (non-hydrogen) atoms. The molecule has 0 aliphatic carbocycles. The van der Waals surface area contributed by atoms with Crippen molar-refractivity contribution < 1.29 is 0 Å². The molecular weight excluding hydrogens is 239 g/mol. The smallest absolute Gasteiger partial charge is 0.0413 e. The van der Waals surface area contributed by atoms with E-state index in [9.17, 15) is 0 Å². The molecule has 1 aromatic rings. The van der Waals surface area contributed by atoms with Crippen LogP contribution >= 0.6 is 22.6 Å². The van der Waals surface area contributed by atoms with Crippen molar-refractivity contribution in [3.63, 3.8) is 0 Å². The molecule has 0 radical (unpaired) electrons. The van der Waals surface area contributed by atoms with Gasteiger partial charge >= 0.3 is 0 Å². The minimum absolute atomic E-state index is 0.668. The molecule has 0 unspecified atom stereocenters. The molecule has 2 nitrogen and oxygen atoms in total. The standard InChI is InChI=1S/C7H7IN2/c8-6-2-1-3-7(10)5(6)4-9/h1-4,9H,10H2. The van der Waals surface area contributed by atoms with Gasteiger partial charge < -0.3 is 11.1 Å². The van der Waals surface area contributed by atoms with Crippen LogP contribution in [0.15, 0.2) is 18.2 Å². The zero-order valence-corrected chi connectivity index (χ0v) is 7.42. The Morgan fingerprint density at radius 1 is 1.50 bits per heavy atom. The molecule has 0 heterocycles. The van der Waals surface area contributed by atoms with E-state index in [-0.39, 0.29) is 0 Å². The van der Waals surface area contributed by atoms with E-state index in [2.05, 4.69) is 22.6 Å². The Morgan fingerprint density at radius 2 is 2.20 bits per heavy atom. The van der Waals surface area contributed by atoms with Gasteiger partial charge in [0.2, 0.25) is 0 Å². The van der Waals surface area contributed by atoms with Gasteiger partial charge in [0.05, 0.1) is 0 Å². The van der Waals surface area contributed by atoms with Gasteiger partial charge in [-0.05, 0) is 34.7 Å². The van der Waals surface area contributed by atoms with E-state index in [4.69, 9.17) is 11.1 Å². The highest BCUT2D eigenvalue weighted by Gasteiger charge is 1.97. The molecule has 52 valence electrons. The number of anilines is 1. The highest BCUT2D eigenvalue weighted by atomic mass is 127. The first kappa shape index (κ1) is 7.53. The van der Waals surface area contributed by atoms with E-state index >= 15 is 0 Å². The summed E-state index contributed by atoms with van der Waals surface area (Å²) in [4.78, 5) is 0. The van der Waals surface area contributed by atoms with Crippen LogP contribution in [0, 0.1) is 8.98 Å². The van der Waals surface area contributed by atoms with Gasteiger partial charge in [-0.25, -0.2) is 0 Å². The predicted molar refractivity (Wildman–Crippen MR) is 51.5 cm³/mol. The van der Waals surface area contributed by atoms with Crippen LogP contribution in [-0.4, -0.2) is 6.21 Å². The fraction of sp³-hybridized carbons (Fsp3) is 0. The number of nitrogen functional groups attached to an aromatic ring is 1. The number of hydrogen-bond donors (Lipinski definition) is 2. The summed E-state index contributed by atoms with van der Waals surface area (Å²) in [6.45, 7) is 0. The van der Waals surface area contributed by atoms with Crippen LogP contribution in [0.5, 0.6) is 0 Å². The fourth-order valence-corrected chi connectivity index (χ4v) is 1.38. The van der Waals surface area contributed by atoms with Crippen molar-refractivity contribution in [2.24, 2.45) is 0 Å². The first-order valence-corrected chi connectivity index (χ1v) is 3.88. The topological polar surface area (TPSA) is 49.9 Å². The van der Waals surface area contributed by atoms with Crippen molar-refractivity contribution in [1.29, 1.82) is 5.41 Å². The van der Waals surface area contributed by atoms with Crippen molar-refractivity contribution in [1.82, 2.24) is 0 Å². The quantitative estimate of drug-likeness (QED) is 0.443. The Balaban J connectivity index is 3.30. The molecule has 0 atom stereocenters. The maximum absolute atomic E-state index is 7.02. The number of benzene rings is 1. The minimum Gasteiger partial charge on any atom is -0.398 e. The molecule has 3 heteroatoms. The van der Waals surface area contributed by atoms with Gasteiger partial charge in [0, 0.05) is 21.0 Å². The third kappa shape index (κ3) is 1.29. The lowest BCUT2D eigenvalue weighted by atomic mass is 10.2. The lowest BCUT2D eigenvalue weighted by Gasteiger charge is -1.99. The molecule has 1 aromatic carbocycles. The molecule has 0 saturated heterocycles. The zero-order valence-electron chi connectivity index (χ0n) is 5.26. The molecule has 1 rings (SSSR count). The van der Waals surface area contributed by atoms with Gasteiger partial charge in [0.15, 0.2) is 0 Å². The van der Waals surface area contributed by atoms with Crippen LogP contribution in [-0.2, 0) is 0 Å². The van der Waals surface area contributed by atoms with E-state index < -0.39 is 0 Å². The first-order chi connectivity index (χ1) is 4.75. The van der Waals surface area contributed by atoms with Crippen LogP contribution in [0.1, 0.15) is 5.56 Å². The molecule has 0 aromatic heterocycles. The lowest BCUT2D eigenvalue weighted by molar-refractivity contribution is 1.52. The van der Waals surface area contributed by atoms with Crippen molar-refractivity contribution >= 4 is 34.5 Å². The van der Waals surface area contributed by atoms with Gasteiger partial charge in [0.25, 0.3) is 0 Å². The largest absolute Gasteiger partial charge is 0.398 e. The van der Waals surface area contributed by atoms with E-state index in [1.807, 2.05) is 12.1 Å². The second-order valence-corrected chi connectivity index (χ2v) is 3.05. The zero-order chi connectivity index (χ0) is 7.56. The van der Waals surface area contributed by atoms with E-state index in [1.165, 1.54) is 6.21 Å². The van der Waals surface area contributed by atoms with E-state index in [1.54, 1.807) is 6.07 Å². The van der Waals surface area contributed by atoms with Crippen molar-refractivity contribution in [3.05, 3.63) is 27.3 Å². The SMILES string of the molecule is N=Cc1c(N)cccc1I. The molecule has 0 bridgehead atoms. The van der Waals surface area contributed by atoms with E-state index in [0.717, 1.165) is 9.13 Å². The molecule has 0 fully saturated rings. The fourth-order valence-electron chi connectivity index (χ4n) is 0.706. The van der Waals surface area contributed by atoms with Gasteiger partial charge in [-0.15, -0.1) is 0 Å². The number of nitrogens with two attached hydrogens (primary N) is 1. The molecule has 3 N–H and O–H groups in total. The third-order valence-electron chi connectivity index (χ3n) is 1.23. The van der Waals surface area contributed by atoms with Crippen LogP contribution in [0.4, 0.5) is 5.69 Å². The monoisotopic (exact) mass is 246 g/mol. The van der Waals surface area contributed by atoms with Gasteiger partial charge in [0.1, 0.15) is 0 Å². The molecule has 0 amide bonds. The summed E-state index contributed by atoms with van der Waals surface area (Å²) in [6.07, 6.45) is 1.27. The van der Waals surface area contributed by atoms with Crippen LogP contribution in [0.2, 0.25) is 0 Å². The average Bonchev–Trinajstić information content (AvgIpc) is 1.88. The average molecular weight is 246 g/mol. The number of halogens is 1. The second kappa shape index (κ2) is 3.01. The van der Waals surface area contributed by atoms with Crippen LogP contribution in [0.3, 0.4) is 0 Å². The molecule has 0 aliphatic heterocycles. The maximum atomic E-state index is 7.02. The first-order valence-electron chi connectivity index (χ1n) is 2.80. The summed E-state index contributed by atoms with van der Waals surface area (Å²) in [7, 11) is 0. The number of hydrogen-bond acceptors (Lipinski definition) is 2. The van der Waals surface area contributed by atoms with Crippen LogP contribution in [0.25, 0.3) is 0 Å². The number of nitrogens with one attached hydrogen (secondary N) is 1. The van der Waals surface area contributed by atoms with E-state index in [0.29, 0.717) is 5.69 Å². The molecular formula is C7H7IN2. The Hall–Kier alpha value is -0.580. The van der Waals surface area contributed by atoms with Crippen LogP contribution < -0.4 is 5.73 Å². The predicted octanol–water partition coefficient (Wildman–Crippen LogP) is 1.87. The summed E-state index contributed by atoms with van der Waals surface area (Å²) in [5, 5.41) is 7.02. The van der Waals surface area contributed by atoms with Crippen molar-refractivity contribution in [2.45, 2.75) is 0 Å². The van der Waals surface area contributed by atoms with Crippen molar-refractivity contribution in [2.75, 3.05) is 5.73 Å². The lowest BCUT2D eigenvalue weighted by Crippen LogP contribution is -1.94. The molecule has 0 aliphatic rings. The maximum Gasteiger partial charge on any atom is 0.0413 e. The second-order valence-electron chi connectivity index (χ2n) is 1.89. The Bertz CT molecular complexity index is 238. The highest BCUT2D eigenvalue weighted by Crippen LogP contribution is 2.15. The third-order valence-corrected chi connectivity index (χ3v) is 2.17. The molecule has 0 saturated carbocycles. The summed E-state index contributed by atoms with van der Waals surface area (Å²) in [6, 6.07) is 5.60. The summed E-state index contributed by atoms with van der Waals surface area (Å²) >= 11 is 2.15. The summed E-state index contributed by atoms with van der Waals surface area (Å²) in [5.74, 6) is 0. The van der Waals surface area contributed by atoms with Crippen molar-refractivity contribution in [3.8, 4) is 0 Å². The summed E-state index contributed by atoms with van der Waals surface area (Å²) < 4.78 is 1.02. The molecule has 0 spiro atoms. The van der Waals surface area contributed by atoms with Gasteiger partial charge in [-0.1, -0.05) is 6.07 Å². The Morgan fingerprint density at radius 3 is 2.60 bits per heavy atom. The Labute approximate surface area is 73.1 Å². The summed E-state index contributed by atoms with van der Waals surface area (Å²) in [5.41, 5.74) is 7.05. The highest BCUT2D eigenvalue weighted by molar-refractivity contribution is 14.1. The minimum atomic E-state index is 0.668. The number of rotatable bonds is 1.